The molecule has 6 nitrogen and oxygen atoms in total. The molecule has 0 saturated heterocycles. The number of hydrogen-bond acceptors (Lipinski definition) is 5. The highest BCUT2D eigenvalue weighted by Gasteiger charge is 2.26. The fraction of sp³-hybridized carbons (Fsp3) is 0.429. The van der Waals surface area contributed by atoms with Gasteiger partial charge in [-0.1, -0.05) is 18.2 Å². The molecule has 2 aromatic rings. The molecule has 0 saturated carbocycles. The SMILES string of the molecule is COc1ccccc1C(CN)N1CCn2cnnc2C1. The van der Waals surface area contributed by atoms with Crippen molar-refractivity contribution in [1.29, 1.82) is 0 Å². The van der Waals surface area contributed by atoms with Gasteiger partial charge in [0.25, 0.3) is 0 Å². The van der Waals surface area contributed by atoms with Crippen LogP contribution in [0.5, 0.6) is 5.75 Å². The molecule has 0 spiro atoms. The van der Waals surface area contributed by atoms with Crippen LogP contribution in [0.1, 0.15) is 17.4 Å². The van der Waals surface area contributed by atoms with Crippen LogP contribution in [0.15, 0.2) is 30.6 Å². The molecule has 0 bridgehead atoms. The molecule has 0 fully saturated rings. The number of aromatic nitrogens is 3. The summed E-state index contributed by atoms with van der Waals surface area (Å²) in [5.74, 6) is 1.87. The summed E-state index contributed by atoms with van der Waals surface area (Å²) in [7, 11) is 1.69. The lowest BCUT2D eigenvalue weighted by Crippen LogP contribution is -2.39. The van der Waals surface area contributed by atoms with Crippen molar-refractivity contribution in [3.63, 3.8) is 0 Å². The summed E-state index contributed by atoms with van der Waals surface area (Å²) >= 11 is 0. The third-order valence-corrected chi connectivity index (χ3v) is 3.83. The summed E-state index contributed by atoms with van der Waals surface area (Å²) in [6.45, 7) is 3.15. The van der Waals surface area contributed by atoms with Crippen LogP contribution in [-0.2, 0) is 13.1 Å². The number of para-hydroxylation sites is 1. The third kappa shape index (κ3) is 2.28. The molecule has 106 valence electrons. The van der Waals surface area contributed by atoms with Crippen molar-refractivity contribution in [2.75, 3.05) is 20.2 Å². The number of rotatable bonds is 4. The average molecular weight is 273 g/mol. The van der Waals surface area contributed by atoms with Gasteiger partial charge in [0.05, 0.1) is 19.7 Å². The monoisotopic (exact) mass is 273 g/mol. The molecule has 1 aromatic carbocycles. The van der Waals surface area contributed by atoms with Crippen LogP contribution >= 0.6 is 0 Å². The van der Waals surface area contributed by atoms with Crippen LogP contribution in [0.25, 0.3) is 0 Å². The Labute approximate surface area is 118 Å². The van der Waals surface area contributed by atoms with Gasteiger partial charge in [0.2, 0.25) is 0 Å². The average Bonchev–Trinajstić information content (AvgIpc) is 2.96. The van der Waals surface area contributed by atoms with Gasteiger partial charge in [-0.3, -0.25) is 4.90 Å². The highest BCUT2D eigenvalue weighted by molar-refractivity contribution is 5.36. The normalized spacial score (nSPS) is 16.7. The van der Waals surface area contributed by atoms with Crippen molar-refractivity contribution >= 4 is 0 Å². The maximum atomic E-state index is 6.01. The minimum Gasteiger partial charge on any atom is -0.496 e. The number of hydrogen-bond donors (Lipinski definition) is 1. The standard InChI is InChI=1S/C14H19N5O/c1-20-13-5-3-2-4-11(13)12(8-15)18-6-7-19-10-16-17-14(19)9-18/h2-5,10,12H,6-9,15H2,1H3. The van der Waals surface area contributed by atoms with E-state index in [-0.39, 0.29) is 6.04 Å². The summed E-state index contributed by atoms with van der Waals surface area (Å²) in [5, 5.41) is 8.12. The molecule has 1 aliphatic heterocycles. The maximum Gasteiger partial charge on any atom is 0.147 e. The Morgan fingerprint density at radius 2 is 2.20 bits per heavy atom. The molecule has 20 heavy (non-hydrogen) atoms. The van der Waals surface area contributed by atoms with Gasteiger partial charge in [0.1, 0.15) is 17.9 Å². The molecule has 0 amide bonds. The quantitative estimate of drug-likeness (QED) is 0.892. The Morgan fingerprint density at radius 1 is 1.35 bits per heavy atom. The summed E-state index contributed by atoms with van der Waals surface area (Å²) in [6.07, 6.45) is 1.78. The van der Waals surface area contributed by atoms with Gasteiger partial charge in [-0.2, -0.15) is 0 Å². The van der Waals surface area contributed by atoms with E-state index < -0.39 is 0 Å². The Hall–Kier alpha value is -1.92. The Kier molecular flexibility index (Phi) is 3.66. The summed E-state index contributed by atoms with van der Waals surface area (Å²) in [4.78, 5) is 2.34. The minimum absolute atomic E-state index is 0.136. The number of ether oxygens (including phenoxy) is 1. The largest absolute Gasteiger partial charge is 0.496 e. The highest BCUT2D eigenvalue weighted by atomic mass is 16.5. The first-order valence-corrected chi connectivity index (χ1v) is 6.77. The molecule has 2 heterocycles. The minimum atomic E-state index is 0.136. The molecule has 1 atom stereocenters. The van der Waals surface area contributed by atoms with E-state index in [4.69, 9.17) is 10.5 Å². The molecule has 2 N–H and O–H groups in total. The van der Waals surface area contributed by atoms with Crippen molar-refractivity contribution in [2.24, 2.45) is 5.73 Å². The van der Waals surface area contributed by atoms with Gasteiger partial charge >= 0.3 is 0 Å². The van der Waals surface area contributed by atoms with E-state index in [1.54, 1.807) is 13.4 Å². The van der Waals surface area contributed by atoms with E-state index in [9.17, 15) is 0 Å². The van der Waals surface area contributed by atoms with Crippen molar-refractivity contribution in [1.82, 2.24) is 19.7 Å². The number of nitrogens with two attached hydrogens (primary N) is 1. The number of benzene rings is 1. The molecular formula is C14H19N5O. The van der Waals surface area contributed by atoms with Crippen LogP contribution in [0.2, 0.25) is 0 Å². The Bertz CT molecular complexity index is 582. The van der Waals surface area contributed by atoms with E-state index in [2.05, 4.69) is 25.7 Å². The van der Waals surface area contributed by atoms with Crippen LogP contribution in [0.3, 0.4) is 0 Å². The molecule has 1 aromatic heterocycles. The van der Waals surface area contributed by atoms with Crippen molar-refractivity contribution in [2.45, 2.75) is 19.1 Å². The highest BCUT2D eigenvalue weighted by Crippen LogP contribution is 2.30. The third-order valence-electron chi connectivity index (χ3n) is 3.83. The second-order valence-corrected chi connectivity index (χ2v) is 4.90. The van der Waals surface area contributed by atoms with Gasteiger partial charge in [0, 0.05) is 25.2 Å². The Balaban J connectivity index is 1.87. The predicted molar refractivity (Wildman–Crippen MR) is 75.2 cm³/mol. The smallest absolute Gasteiger partial charge is 0.147 e. The van der Waals surface area contributed by atoms with Gasteiger partial charge in [-0.15, -0.1) is 10.2 Å². The van der Waals surface area contributed by atoms with Gasteiger partial charge < -0.3 is 15.0 Å². The Morgan fingerprint density at radius 3 is 3.00 bits per heavy atom. The molecule has 0 radical (unpaired) electrons. The zero-order chi connectivity index (χ0) is 13.9. The molecule has 1 unspecified atom stereocenters. The fourth-order valence-electron chi connectivity index (χ4n) is 2.77. The summed E-state index contributed by atoms with van der Waals surface area (Å²) < 4.78 is 7.55. The molecule has 0 aliphatic carbocycles. The number of methoxy groups -OCH3 is 1. The van der Waals surface area contributed by atoms with E-state index >= 15 is 0 Å². The molecule has 6 heteroatoms. The topological polar surface area (TPSA) is 69.2 Å². The lowest BCUT2D eigenvalue weighted by Gasteiger charge is -2.34. The lowest BCUT2D eigenvalue weighted by molar-refractivity contribution is 0.154. The summed E-state index contributed by atoms with van der Waals surface area (Å²) in [6, 6.07) is 8.19. The first-order chi connectivity index (χ1) is 9.83. The zero-order valence-corrected chi connectivity index (χ0v) is 11.6. The van der Waals surface area contributed by atoms with Crippen LogP contribution in [-0.4, -0.2) is 39.9 Å². The zero-order valence-electron chi connectivity index (χ0n) is 11.6. The van der Waals surface area contributed by atoms with E-state index in [1.165, 1.54) is 0 Å². The number of fused-ring (bicyclic) bond motifs is 1. The fourth-order valence-corrected chi connectivity index (χ4v) is 2.77. The molecule has 3 rings (SSSR count). The van der Waals surface area contributed by atoms with E-state index in [0.717, 1.165) is 36.8 Å². The van der Waals surface area contributed by atoms with Crippen molar-refractivity contribution < 1.29 is 4.74 Å². The van der Waals surface area contributed by atoms with E-state index in [1.807, 2.05) is 18.2 Å². The molecular weight excluding hydrogens is 254 g/mol. The first kappa shape index (κ1) is 13.1. The van der Waals surface area contributed by atoms with Gasteiger partial charge in [-0.05, 0) is 6.07 Å². The van der Waals surface area contributed by atoms with Crippen molar-refractivity contribution in [3.05, 3.63) is 42.0 Å². The molecule has 1 aliphatic rings. The second kappa shape index (κ2) is 5.60. The van der Waals surface area contributed by atoms with Gasteiger partial charge in [0.15, 0.2) is 0 Å². The van der Waals surface area contributed by atoms with Gasteiger partial charge in [-0.25, -0.2) is 0 Å². The first-order valence-electron chi connectivity index (χ1n) is 6.77. The van der Waals surface area contributed by atoms with E-state index in [0.29, 0.717) is 6.54 Å². The van der Waals surface area contributed by atoms with Crippen LogP contribution in [0, 0.1) is 0 Å². The van der Waals surface area contributed by atoms with Crippen LogP contribution in [0.4, 0.5) is 0 Å². The van der Waals surface area contributed by atoms with Crippen LogP contribution < -0.4 is 10.5 Å². The number of nitrogens with zero attached hydrogens (tertiary/aromatic N) is 4. The van der Waals surface area contributed by atoms with Crippen molar-refractivity contribution in [3.8, 4) is 5.75 Å². The maximum absolute atomic E-state index is 6.01. The predicted octanol–water partition coefficient (Wildman–Crippen LogP) is 0.802. The lowest BCUT2D eigenvalue weighted by atomic mass is 10.0. The summed E-state index contributed by atoms with van der Waals surface area (Å²) in [5.41, 5.74) is 7.14. The second-order valence-electron chi connectivity index (χ2n) is 4.90.